The van der Waals surface area contributed by atoms with E-state index >= 15 is 0 Å². The van der Waals surface area contributed by atoms with Crippen LogP contribution in [-0.2, 0) is 10.0 Å². The van der Waals surface area contributed by atoms with Gasteiger partial charge in [-0.2, -0.15) is 8.42 Å². The number of hydrogen-bond donors (Lipinski definition) is 1. The van der Waals surface area contributed by atoms with Gasteiger partial charge in [0.15, 0.2) is 0 Å². The number of carbonyl (C=O) groups excluding carboxylic acids is 1. The number of nitro groups is 1. The predicted molar refractivity (Wildman–Crippen MR) is 120 cm³/mol. The molecule has 11 nitrogen and oxygen atoms in total. The van der Waals surface area contributed by atoms with E-state index in [9.17, 15) is 23.3 Å². The Morgan fingerprint density at radius 1 is 0.941 bits per heavy atom. The normalized spacial score (nSPS) is 11.1. The van der Waals surface area contributed by atoms with Crippen LogP contribution in [-0.4, -0.2) is 28.5 Å². The highest BCUT2D eigenvalue weighted by Crippen LogP contribution is 2.26. The molecule has 0 fully saturated rings. The number of nitrogens with zero attached hydrogens (tertiary/aromatic N) is 3. The second kappa shape index (κ2) is 9.03. The Morgan fingerprint density at radius 3 is 2.18 bits per heavy atom. The van der Waals surface area contributed by atoms with Gasteiger partial charge in [0.1, 0.15) is 17.3 Å². The number of benzene rings is 3. The van der Waals surface area contributed by atoms with Crippen LogP contribution in [0, 0.1) is 10.1 Å². The Hall–Kier alpha value is -4.71. The molecule has 34 heavy (non-hydrogen) atoms. The van der Waals surface area contributed by atoms with E-state index in [0.717, 1.165) is 18.2 Å². The fourth-order valence-electron chi connectivity index (χ4n) is 2.88. The molecule has 0 saturated heterocycles. The summed E-state index contributed by atoms with van der Waals surface area (Å²) in [5.74, 6) is -0.505. The summed E-state index contributed by atoms with van der Waals surface area (Å²) in [6, 6.07) is 20.4. The van der Waals surface area contributed by atoms with E-state index in [1.165, 1.54) is 36.4 Å². The van der Waals surface area contributed by atoms with Crippen LogP contribution in [0.2, 0.25) is 0 Å². The van der Waals surface area contributed by atoms with Gasteiger partial charge in [0.05, 0.1) is 15.4 Å². The number of para-hydroxylation sites is 1. The van der Waals surface area contributed by atoms with Crippen LogP contribution in [0.5, 0.6) is 17.4 Å². The van der Waals surface area contributed by atoms with Crippen LogP contribution < -0.4 is 15.2 Å². The fraction of sp³-hybridized carbons (Fsp3) is 0. The average Bonchev–Trinajstić information content (AvgIpc) is 3.21. The highest BCUT2D eigenvalue weighted by atomic mass is 32.2. The molecule has 0 aliphatic rings. The summed E-state index contributed by atoms with van der Waals surface area (Å²) < 4.78 is 37.2. The van der Waals surface area contributed by atoms with E-state index in [2.05, 4.69) is 5.10 Å². The van der Waals surface area contributed by atoms with Gasteiger partial charge in [-0.05, 0) is 48.5 Å². The standard InChI is InChI=1S/C22H16N4O7S/c23-20-14-21(33-22(27)15-6-8-16(9-7-15)26(28)29)24-25(20)34(30,31)19-12-10-18(11-13-19)32-17-4-2-1-3-5-17/h1-14H,23H2. The van der Waals surface area contributed by atoms with Gasteiger partial charge in [-0.25, -0.2) is 4.79 Å². The van der Waals surface area contributed by atoms with Crippen molar-refractivity contribution in [1.29, 1.82) is 0 Å². The second-order valence-corrected chi connectivity index (χ2v) is 8.60. The molecule has 0 unspecified atom stereocenters. The van der Waals surface area contributed by atoms with E-state index in [4.69, 9.17) is 15.2 Å². The van der Waals surface area contributed by atoms with E-state index in [-0.39, 0.29) is 27.8 Å². The molecule has 12 heteroatoms. The zero-order chi connectivity index (χ0) is 24.3. The minimum atomic E-state index is -4.20. The topological polar surface area (TPSA) is 157 Å². The van der Waals surface area contributed by atoms with Crippen molar-refractivity contribution in [3.63, 3.8) is 0 Å². The lowest BCUT2D eigenvalue weighted by atomic mass is 10.2. The van der Waals surface area contributed by atoms with Gasteiger partial charge >= 0.3 is 5.97 Å². The highest BCUT2D eigenvalue weighted by Gasteiger charge is 2.23. The van der Waals surface area contributed by atoms with Crippen molar-refractivity contribution in [3.05, 3.63) is 101 Å². The SMILES string of the molecule is Nc1cc(OC(=O)c2ccc([N+](=O)[O-])cc2)nn1S(=O)(=O)c1ccc(Oc2ccccc2)cc1. The van der Waals surface area contributed by atoms with Crippen LogP contribution in [0.4, 0.5) is 11.5 Å². The van der Waals surface area contributed by atoms with E-state index in [0.29, 0.717) is 15.6 Å². The maximum absolute atomic E-state index is 13.0. The van der Waals surface area contributed by atoms with Gasteiger partial charge in [-0.15, -0.1) is 9.19 Å². The summed E-state index contributed by atoms with van der Waals surface area (Å²) in [5.41, 5.74) is 5.61. The molecule has 0 aliphatic carbocycles. The molecule has 0 spiro atoms. The summed E-state index contributed by atoms with van der Waals surface area (Å²) in [7, 11) is -4.20. The van der Waals surface area contributed by atoms with Gasteiger partial charge in [-0.1, -0.05) is 18.2 Å². The number of nitro benzene ring substituents is 1. The monoisotopic (exact) mass is 480 g/mol. The number of aromatic nitrogens is 2. The number of carbonyl (C=O) groups is 1. The van der Waals surface area contributed by atoms with Crippen LogP contribution in [0.15, 0.2) is 89.8 Å². The van der Waals surface area contributed by atoms with Gasteiger partial charge in [0, 0.05) is 18.2 Å². The summed E-state index contributed by atoms with van der Waals surface area (Å²) in [6.07, 6.45) is 0. The van der Waals surface area contributed by atoms with Crippen LogP contribution in [0.3, 0.4) is 0 Å². The van der Waals surface area contributed by atoms with Crippen molar-refractivity contribution < 1.29 is 27.6 Å². The fourth-order valence-corrected chi connectivity index (χ4v) is 4.08. The number of esters is 1. The molecule has 2 N–H and O–H groups in total. The quantitative estimate of drug-likeness (QED) is 0.237. The lowest BCUT2D eigenvalue weighted by Crippen LogP contribution is -2.17. The van der Waals surface area contributed by atoms with Gasteiger partial charge < -0.3 is 15.2 Å². The predicted octanol–water partition coefficient (Wildman–Crippen LogP) is 3.62. The lowest BCUT2D eigenvalue weighted by Gasteiger charge is -2.08. The highest BCUT2D eigenvalue weighted by molar-refractivity contribution is 7.90. The molecule has 172 valence electrons. The average molecular weight is 480 g/mol. The molecule has 0 saturated carbocycles. The van der Waals surface area contributed by atoms with Crippen LogP contribution >= 0.6 is 0 Å². The summed E-state index contributed by atoms with van der Waals surface area (Å²) in [5, 5.41) is 14.5. The number of nitrogens with two attached hydrogens (primary N) is 1. The third-order valence-corrected chi connectivity index (χ3v) is 6.14. The third kappa shape index (κ3) is 4.71. The molecule has 1 aromatic heterocycles. The molecular formula is C22H16N4O7S. The molecule has 0 radical (unpaired) electrons. The molecule has 0 aliphatic heterocycles. The molecule has 4 aromatic rings. The Bertz CT molecular complexity index is 1450. The summed E-state index contributed by atoms with van der Waals surface area (Å²) in [6.45, 7) is 0. The van der Waals surface area contributed by atoms with E-state index < -0.39 is 20.9 Å². The molecular weight excluding hydrogens is 464 g/mol. The van der Waals surface area contributed by atoms with Crippen molar-refractivity contribution in [2.24, 2.45) is 0 Å². The van der Waals surface area contributed by atoms with Crippen LogP contribution in [0.1, 0.15) is 10.4 Å². The number of ether oxygens (including phenoxy) is 2. The zero-order valence-corrected chi connectivity index (χ0v) is 18.1. The molecule has 0 bridgehead atoms. The van der Waals surface area contributed by atoms with Crippen molar-refractivity contribution in [2.45, 2.75) is 4.90 Å². The Labute approximate surface area is 193 Å². The first-order valence-electron chi connectivity index (χ1n) is 9.65. The molecule has 3 aromatic carbocycles. The van der Waals surface area contributed by atoms with Gasteiger partial charge in [-0.3, -0.25) is 10.1 Å². The molecule has 1 heterocycles. The zero-order valence-electron chi connectivity index (χ0n) is 17.3. The van der Waals surface area contributed by atoms with Crippen molar-refractivity contribution in [3.8, 4) is 17.4 Å². The number of hydrogen-bond acceptors (Lipinski definition) is 9. The number of non-ortho nitro benzene ring substituents is 1. The Balaban J connectivity index is 1.51. The number of anilines is 1. The minimum Gasteiger partial charge on any atom is -0.457 e. The molecule has 0 amide bonds. The van der Waals surface area contributed by atoms with Gasteiger partial charge in [0.25, 0.3) is 15.7 Å². The second-order valence-electron chi connectivity index (χ2n) is 6.84. The van der Waals surface area contributed by atoms with Crippen molar-refractivity contribution in [2.75, 3.05) is 5.73 Å². The first kappa shape index (κ1) is 22.5. The first-order valence-corrected chi connectivity index (χ1v) is 11.1. The molecule has 0 atom stereocenters. The van der Waals surface area contributed by atoms with Crippen molar-refractivity contribution >= 4 is 27.5 Å². The third-order valence-electron chi connectivity index (χ3n) is 4.52. The number of rotatable bonds is 7. The van der Waals surface area contributed by atoms with E-state index in [1.807, 2.05) is 6.07 Å². The van der Waals surface area contributed by atoms with Crippen molar-refractivity contribution in [1.82, 2.24) is 9.19 Å². The van der Waals surface area contributed by atoms with Crippen LogP contribution in [0.25, 0.3) is 0 Å². The van der Waals surface area contributed by atoms with Gasteiger partial charge in [0.2, 0.25) is 5.88 Å². The molecule has 4 rings (SSSR count). The lowest BCUT2D eigenvalue weighted by molar-refractivity contribution is -0.384. The number of nitrogen functional groups attached to an aromatic ring is 1. The van der Waals surface area contributed by atoms with E-state index in [1.54, 1.807) is 24.3 Å². The maximum atomic E-state index is 13.0. The summed E-state index contributed by atoms with van der Waals surface area (Å²) >= 11 is 0. The Kier molecular flexibility index (Phi) is 5.97. The largest absolute Gasteiger partial charge is 0.457 e. The minimum absolute atomic E-state index is 0.00980. The first-order chi connectivity index (χ1) is 16.2. The summed E-state index contributed by atoms with van der Waals surface area (Å²) in [4.78, 5) is 22.3. The Morgan fingerprint density at radius 2 is 1.56 bits per heavy atom. The smallest absolute Gasteiger partial charge is 0.344 e. The maximum Gasteiger partial charge on any atom is 0.344 e.